The molecule has 5 rings (SSSR count). The zero-order valence-electron chi connectivity index (χ0n) is 15.2. The Morgan fingerprint density at radius 1 is 0.963 bits per heavy atom. The number of morpholine rings is 1. The van der Waals surface area contributed by atoms with Gasteiger partial charge in [-0.25, -0.2) is 4.98 Å². The van der Waals surface area contributed by atoms with E-state index in [1.807, 2.05) is 48.5 Å². The minimum Gasteiger partial charge on any atom is -0.489 e. The number of rotatable bonds is 5. The molecule has 0 spiro atoms. The van der Waals surface area contributed by atoms with E-state index in [0.717, 1.165) is 78.0 Å². The van der Waals surface area contributed by atoms with Crippen LogP contribution < -0.4 is 4.74 Å². The Balaban J connectivity index is 1.47. The van der Waals surface area contributed by atoms with Crippen LogP contribution in [0.4, 0.5) is 0 Å². The number of fused-ring (bicyclic) bond motifs is 4. The average Bonchev–Trinajstić information content (AvgIpc) is 3.09. The molecule has 0 saturated carbocycles. The molecule has 4 aromatic rings. The molecule has 0 amide bonds. The maximum Gasteiger partial charge on any atom is 0.196 e. The first-order chi connectivity index (χ1) is 13.4. The van der Waals surface area contributed by atoms with Crippen molar-refractivity contribution in [1.29, 1.82) is 0 Å². The molecule has 0 unspecified atom stereocenters. The lowest BCUT2D eigenvalue weighted by Crippen LogP contribution is -2.37. The summed E-state index contributed by atoms with van der Waals surface area (Å²) in [6.45, 7) is 5.34. The van der Waals surface area contributed by atoms with E-state index in [0.29, 0.717) is 6.61 Å². The largest absolute Gasteiger partial charge is 0.489 e. The molecule has 2 aromatic heterocycles. The minimum absolute atomic E-state index is 0.650. The van der Waals surface area contributed by atoms with E-state index in [9.17, 15) is 0 Å². The molecule has 27 heavy (non-hydrogen) atoms. The number of furan rings is 1. The average molecular weight is 362 g/mol. The lowest BCUT2D eigenvalue weighted by atomic mass is 10.1. The molecule has 1 fully saturated rings. The second-order valence-electron chi connectivity index (χ2n) is 6.89. The topological polar surface area (TPSA) is 47.7 Å². The van der Waals surface area contributed by atoms with Gasteiger partial charge in [0.15, 0.2) is 11.3 Å². The molecule has 1 saturated heterocycles. The highest BCUT2D eigenvalue weighted by Gasteiger charge is 2.17. The summed E-state index contributed by atoms with van der Waals surface area (Å²) in [5.41, 5.74) is 3.38. The highest BCUT2D eigenvalue weighted by Crippen LogP contribution is 2.38. The van der Waals surface area contributed by atoms with Crippen molar-refractivity contribution in [3.05, 3.63) is 48.5 Å². The normalized spacial score (nSPS) is 15.7. The summed E-state index contributed by atoms with van der Waals surface area (Å²) < 4.78 is 17.8. The van der Waals surface area contributed by atoms with Gasteiger partial charge in [-0.15, -0.1) is 0 Å². The summed E-state index contributed by atoms with van der Waals surface area (Å²) in [5, 5.41) is 2.02. The smallest absolute Gasteiger partial charge is 0.196 e. The van der Waals surface area contributed by atoms with E-state index < -0.39 is 0 Å². The first kappa shape index (κ1) is 16.5. The molecule has 0 radical (unpaired) electrons. The standard InChI is InChI=1S/C22H22N2O3/c1-3-8-18-16(6-1)21(26-13-5-10-24-11-14-25-15-12-24)22-20(23-18)17-7-2-4-9-19(17)27-22/h1-4,6-9H,5,10-15H2. The summed E-state index contributed by atoms with van der Waals surface area (Å²) in [5.74, 6) is 0.800. The summed E-state index contributed by atoms with van der Waals surface area (Å²) >= 11 is 0. The van der Waals surface area contributed by atoms with E-state index in [1.54, 1.807) is 0 Å². The van der Waals surface area contributed by atoms with Crippen LogP contribution in [-0.4, -0.2) is 49.3 Å². The number of aromatic nitrogens is 1. The molecule has 5 heteroatoms. The Morgan fingerprint density at radius 2 is 1.74 bits per heavy atom. The van der Waals surface area contributed by atoms with Crippen LogP contribution in [-0.2, 0) is 4.74 Å². The molecule has 0 aliphatic carbocycles. The monoisotopic (exact) mass is 362 g/mol. The van der Waals surface area contributed by atoms with Crippen molar-refractivity contribution in [2.75, 3.05) is 39.5 Å². The molecule has 0 atom stereocenters. The number of benzene rings is 2. The lowest BCUT2D eigenvalue weighted by Gasteiger charge is -2.26. The molecule has 2 aromatic carbocycles. The minimum atomic E-state index is 0.650. The van der Waals surface area contributed by atoms with Crippen molar-refractivity contribution >= 4 is 33.0 Å². The SMILES string of the molecule is c1ccc2c(OCCCN3CCOCC3)c3oc4ccccc4c3nc2c1. The molecular formula is C22H22N2O3. The maximum atomic E-state index is 6.26. The second-order valence-corrected chi connectivity index (χ2v) is 6.89. The summed E-state index contributed by atoms with van der Waals surface area (Å²) in [4.78, 5) is 7.26. The van der Waals surface area contributed by atoms with Crippen molar-refractivity contribution in [3.8, 4) is 5.75 Å². The van der Waals surface area contributed by atoms with E-state index in [4.69, 9.17) is 18.9 Å². The van der Waals surface area contributed by atoms with Gasteiger partial charge in [0.25, 0.3) is 0 Å². The Kier molecular flexibility index (Phi) is 4.40. The van der Waals surface area contributed by atoms with Crippen LogP contribution in [0.15, 0.2) is 52.9 Å². The Hall–Kier alpha value is -2.63. The molecule has 0 N–H and O–H groups in total. The van der Waals surface area contributed by atoms with Crippen LogP contribution in [0.3, 0.4) is 0 Å². The van der Waals surface area contributed by atoms with Gasteiger partial charge >= 0.3 is 0 Å². The Morgan fingerprint density at radius 3 is 2.63 bits per heavy atom. The quantitative estimate of drug-likeness (QED) is 0.497. The summed E-state index contributed by atoms with van der Waals surface area (Å²) in [7, 11) is 0. The summed E-state index contributed by atoms with van der Waals surface area (Å²) in [6.07, 6.45) is 0.971. The van der Waals surface area contributed by atoms with Gasteiger partial charge in [0.05, 0.1) is 25.3 Å². The molecule has 3 heterocycles. The van der Waals surface area contributed by atoms with Gasteiger partial charge in [0.2, 0.25) is 0 Å². The lowest BCUT2D eigenvalue weighted by molar-refractivity contribution is 0.0358. The molecule has 0 bridgehead atoms. The van der Waals surface area contributed by atoms with Gasteiger partial charge in [-0.2, -0.15) is 0 Å². The van der Waals surface area contributed by atoms with Gasteiger partial charge in [-0.05, 0) is 30.7 Å². The van der Waals surface area contributed by atoms with Crippen molar-refractivity contribution in [1.82, 2.24) is 9.88 Å². The van der Waals surface area contributed by atoms with Gasteiger partial charge in [0, 0.05) is 30.4 Å². The second kappa shape index (κ2) is 7.18. The molecule has 5 nitrogen and oxygen atoms in total. The Labute approximate surface area is 157 Å². The van der Waals surface area contributed by atoms with Crippen molar-refractivity contribution < 1.29 is 13.9 Å². The van der Waals surface area contributed by atoms with E-state index in [-0.39, 0.29) is 0 Å². The van der Waals surface area contributed by atoms with Crippen molar-refractivity contribution in [2.24, 2.45) is 0 Å². The number of ether oxygens (including phenoxy) is 2. The van der Waals surface area contributed by atoms with Crippen LogP contribution in [0, 0.1) is 0 Å². The van der Waals surface area contributed by atoms with Crippen molar-refractivity contribution in [3.63, 3.8) is 0 Å². The van der Waals surface area contributed by atoms with Crippen LogP contribution in [0.1, 0.15) is 6.42 Å². The number of pyridine rings is 1. The number of para-hydroxylation sites is 2. The fourth-order valence-electron chi connectivity index (χ4n) is 3.73. The van der Waals surface area contributed by atoms with E-state index >= 15 is 0 Å². The summed E-state index contributed by atoms with van der Waals surface area (Å²) in [6, 6.07) is 16.1. The molecule has 1 aliphatic heterocycles. The predicted octanol–water partition coefficient (Wildman–Crippen LogP) is 4.24. The van der Waals surface area contributed by atoms with Gasteiger partial charge in [-0.3, -0.25) is 4.90 Å². The van der Waals surface area contributed by atoms with E-state index in [1.165, 1.54) is 0 Å². The van der Waals surface area contributed by atoms with Crippen LogP contribution in [0.25, 0.3) is 33.0 Å². The number of hydrogen-bond acceptors (Lipinski definition) is 5. The third-order valence-corrected chi connectivity index (χ3v) is 5.13. The third-order valence-electron chi connectivity index (χ3n) is 5.13. The maximum absolute atomic E-state index is 6.26. The predicted molar refractivity (Wildman–Crippen MR) is 106 cm³/mol. The number of hydrogen-bond donors (Lipinski definition) is 0. The van der Waals surface area contributed by atoms with Crippen molar-refractivity contribution in [2.45, 2.75) is 6.42 Å². The molecular weight excluding hydrogens is 340 g/mol. The highest BCUT2D eigenvalue weighted by atomic mass is 16.5. The fraction of sp³-hybridized carbons (Fsp3) is 0.318. The van der Waals surface area contributed by atoms with Crippen LogP contribution in [0.2, 0.25) is 0 Å². The van der Waals surface area contributed by atoms with Crippen LogP contribution in [0.5, 0.6) is 5.75 Å². The fourth-order valence-corrected chi connectivity index (χ4v) is 3.73. The number of nitrogens with zero attached hydrogens (tertiary/aromatic N) is 2. The van der Waals surface area contributed by atoms with Gasteiger partial charge in [0.1, 0.15) is 11.1 Å². The molecule has 138 valence electrons. The van der Waals surface area contributed by atoms with E-state index in [2.05, 4.69) is 4.90 Å². The van der Waals surface area contributed by atoms with Gasteiger partial charge < -0.3 is 13.9 Å². The zero-order chi connectivity index (χ0) is 18.1. The first-order valence-corrected chi connectivity index (χ1v) is 9.53. The third kappa shape index (κ3) is 3.13. The zero-order valence-corrected chi connectivity index (χ0v) is 15.2. The Bertz CT molecular complexity index is 1080. The van der Waals surface area contributed by atoms with Crippen LogP contribution >= 0.6 is 0 Å². The highest BCUT2D eigenvalue weighted by molar-refractivity contribution is 6.09. The van der Waals surface area contributed by atoms with Gasteiger partial charge in [-0.1, -0.05) is 24.3 Å². The first-order valence-electron chi connectivity index (χ1n) is 9.53. The molecule has 1 aliphatic rings.